The van der Waals surface area contributed by atoms with Gasteiger partial charge in [0.2, 0.25) is 0 Å². The molecule has 0 amide bonds. The predicted molar refractivity (Wildman–Crippen MR) is 175 cm³/mol. The molecule has 222 valence electrons. The molecule has 0 aliphatic carbocycles. The standard InChI is InChI=1S/C38H70/c1-4-7-10-12-14-16-18-20-22-24-26-28-31-36-33-30-34-37(38(36)35-9-6-3)32-29-27-25-23-21-19-17-15-13-11-8-5-2/h30,33-34H,4-29,31-32,35H2,1-3H3. The van der Waals surface area contributed by atoms with Crippen molar-refractivity contribution in [2.45, 2.75) is 207 Å². The summed E-state index contributed by atoms with van der Waals surface area (Å²) in [6, 6.07) is 7.27. The zero-order valence-electron chi connectivity index (χ0n) is 26.7. The van der Waals surface area contributed by atoms with Crippen LogP contribution in [0.4, 0.5) is 0 Å². The van der Waals surface area contributed by atoms with E-state index < -0.39 is 0 Å². The summed E-state index contributed by atoms with van der Waals surface area (Å²) in [5, 5.41) is 0. The molecule has 1 rings (SSSR count). The van der Waals surface area contributed by atoms with Crippen LogP contribution in [0, 0.1) is 0 Å². The summed E-state index contributed by atoms with van der Waals surface area (Å²) >= 11 is 0. The molecule has 0 heteroatoms. The lowest BCUT2D eigenvalue weighted by molar-refractivity contribution is 0.543. The molecule has 0 bridgehead atoms. The van der Waals surface area contributed by atoms with E-state index >= 15 is 0 Å². The first-order valence-corrected chi connectivity index (χ1v) is 17.9. The fraction of sp³-hybridized carbons (Fsp3) is 0.842. The molecular weight excluding hydrogens is 456 g/mol. The fourth-order valence-corrected chi connectivity index (χ4v) is 6.14. The third kappa shape index (κ3) is 20.2. The maximum Gasteiger partial charge on any atom is -0.0274 e. The van der Waals surface area contributed by atoms with Crippen molar-refractivity contribution in [2.24, 2.45) is 0 Å². The highest BCUT2D eigenvalue weighted by molar-refractivity contribution is 5.36. The van der Waals surface area contributed by atoms with Crippen LogP contribution in [0.1, 0.15) is 204 Å². The molecule has 0 unspecified atom stereocenters. The lowest BCUT2D eigenvalue weighted by Crippen LogP contribution is -2.02. The van der Waals surface area contributed by atoms with Gasteiger partial charge in [0.15, 0.2) is 0 Å². The van der Waals surface area contributed by atoms with Crippen LogP contribution in [0.15, 0.2) is 18.2 Å². The third-order valence-corrected chi connectivity index (χ3v) is 8.75. The Morgan fingerprint density at radius 3 is 0.921 bits per heavy atom. The molecule has 0 aliphatic rings. The van der Waals surface area contributed by atoms with Gasteiger partial charge in [0.1, 0.15) is 0 Å². The van der Waals surface area contributed by atoms with Gasteiger partial charge in [-0.05, 0) is 55.2 Å². The molecule has 1 aromatic carbocycles. The van der Waals surface area contributed by atoms with E-state index in [4.69, 9.17) is 0 Å². The first-order chi connectivity index (χ1) is 18.8. The number of benzene rings is 1. The van der Waals surface area contributed by atoms with Gasteiger partial charge in [-0.15, -0.1) is 0 Å². The number of unbranched alkanes of at least 4 members (excludes halogenated alkanes) is 23. The molecule has 0 aromatic heterocycles. The molecule has 0 spiro atoms. The maximum atomic E-state index is 2.45. The average molecular weight is 527 g/mol. The highest BCUT2D eigenvalue weighted by Gasteiger charge is 2.08. The van der Waals surface area contributed by atoms with Crippen LogP contribution in [-0.2, 0) is 19.3 Å². The van der Waals surface area contributed by atoms with Crippen LogP contribution < -0.4 is 0 Å². The Labute approximate surface area is 241 Å². The quantitative estimate of drug-likeness (QED) is 0.0910. The van der Waals surface area contributed by atoms with Gasteiger partial charge >= 0.3 is 0 Å². The second-order valence-electron chi connectivity index (χ2n) is 12.4. The van der Waals surface area contributed by atoms with Crippen LogP contribution in [-0.4, -0.2) is 0 Å². The summed E-state index contributed by atoms with van der Waals surface area (Å²) in [7, 11) is 0. The monoisotopic (exact) mass is 527 g/mol. The van der Waals surface area contributed by atoms with Crippen LogP contribution in [0.3, 0.4) is 0 Å². The van der Waals surface area contributed by atoms with Crippen LogP contribution >= 0.6 is 0 Å². The fourth-order valence-electron chi connectivity index (χ4n) is 6.14. The first kappa shape index (κ1) is 35.2. The Morgan fingerprint density at radius 2 is 0.605 bits per heavy atom. The molecule has 0 saturated heterocycles. The molecule has 0 aliphatic heterocycles. The zero-order valence-corrected chi connectivity index (χ0v) is 26.7. The van der Waals surface area contributed by atoms with Crippen molar-refractivity contribution >= 4 is 0 Å². The van der Waals surface area contributed by atoms with E-state index in [9.17, 15) is 0 Å². The highest BCUT2D eigenvalue weighted by Crippen LogP contribution is 2.23. The number of rotatable bonds is 29. The Bertz CT molecular complexity index is 554. The summed E-state index contributed by atoms with van der Waals surface area (Å²) in [6.45, 7) is 6.96. The summed E-state index contributed by atoms with van der Waals surface area (Å²) in [6.07, 6.45) is 41.2. The van der Waals surface area contributed by atoms with Gasteiger partial charge in [-0.2, -0.15) is 0 Å². The molecule has 0 radical (unpaired) electrons. The predicted octanol–water partition coefficient (Wildman–Crippen LogP) is 13.5. The Kier molecular flexibility index (Phi) is 25.8. The minimum Gasteiger partial charge on any atom is -0.0654 e. The van der Waals surface area contributed by atoms with E-state index in [0.29, 0.717) is 0 Å². The van der Waals surface area contributed by atoms with E-state index in [-0.39, 0.29) is 0 Å². The second-order valence-corrected chi connectivity index (χ2v) is 12.4. The molecule has 0 N–H and O–H groups in total. The van der Waals surface area contributed by atoms with Crippen molar-refractivity contribution in [1.29, 1.82) is 0 Å². The lowest BCUT2D eigenvalue weighted by atomic mass is 9.90. The summed E-state index contributed by atoms with van der Waals surface area (Å²) < 4.78 is 0. The van der Waals surface area contributed by atoms with E-state index in [1.807, 2.05) is 0 Å². The Morgan fingerprint density at radius 1 is 0.316 bits per heavy atom. The van der Waals surface area contributed by atoms with Crippen LogP contribution in [0.2, 0.25) is 0 Å². The minimum absolute atomic E-state index is 1.30. The van der Waals surface area contributed by atoms with Gasteiger partial charge < -0.3 is 0 Å². The molecule has 0 atom stereocenters. The topological polar surface area (TPSA) is 0 Å². The lowest BCUT2D eigenvalue weighted by Gasteiger charge is -2.15. The van der Waals surface area contributed by atoms with Gasteiger partial charge in [-0.3, -0.25) is 0 Å². The largest absolute Gasteiger partial charge is 0.0654 e. The van der Waals surface area contributed by atoms with Crippen molar-refractivity contribution < 1.29 is 0 Å². The number of hydrogen-bond donors (Lipinski definition) is 0. The van der Waals surface area contributed by atoms with Crippen LogP contribution in [0.25, 0.3) is 0 Å². The number of hydrogen-bond acceptors (Lipinski definition) is 0. The average Bonchev–Trinajstić information content (AvgIpc) is 2.93. The van der Waals surface area contributed by atoms with Gasteiger partial charge in [0, 0.05) is 0 Å². The zero-order chi connectivity index (χ0) is 27.4. The van der Waals surface area contributed by atoms with Crippen LogP contribution in [0.5, 0.6) is 0 Å². The number of aryl methyl sites for hydroxylation is 2. The minimum atomic E-state index is 1.30. The van der Waals surface area contributed by atoms with Gasteiger partial charge in [-0.25, -0.2) is 0 Å². The normalized spacial score (nSPS) is 11.4. The van der Waals surface area contributed by atoms with Gasteiger partial charge in [0.05, 0.1) is 0 Å². The van der Waals surface area contributed by atoms with Crippen molar-refractivity contribution in [3.8, 4) is 0 Å². The summed E-state index contributed by atoms with van der Waals surface area (Å²) in [5.74, 6) is 0. The highest BCUT2D eigenvalue weighted by atomic mass is 14.1. The Balaban J connectivity index is 2.20. The van der Waals surface area contributed by atoms with E-state index in [1.54, 1.807) is 16.7 Å². The van der Waals surface area contributed by atoms with E-state index in [1.165, 1.54) is 186 Å². The van der Waals surface area contributed by atoms with Gasteiger partial charge in [-0.1, -0.05) is 187 Å². The summed E-state index contributed by atoms with van der Waals surface area (Å²) in [4.78, 5) is 0. The molecule has 0 nitrogen and oxygen atoms in total. The molecule has 38 heavy (non-hydrogen) atoms. The molecular formula is C38H70. The SMILES string of the molecule is CCCCCCCCCCCCCCc1cccc(CCCCCCCCCCCCCC)c1CCCC. The third-order valence-electron chi connectivity index (χ3n) is 8.75. The maximum absolute atomic E-state index is 2.45. The molecule has 0 saturated carbocycles. The second kappa shape index (κ2) is 27.8. The first-order valence-electron chi connectivity index (χ1n) is 17.9. The Hall–Kier alpha value is -0.780. The van der Waals surface area contributed by atoms with Gasteiger partial charge in [0.25, 0.3) is 0 Å². The van der Waals surface area contributed by atoms with Crippen molar-refractivity contribution in [1.82, 2.24) is 0 Å². The van der Waals surface area contributed by atoms with Crippen molar-refractivity contribution in [3.05, 3.63) is 34.9 Å². The molecule has 1 aromatic rings. The van der Waals surface area contributed by atoms with E-state index in [0.717, 1.165) is 0 Å². The summed E-state index contributed by atoms with van der Waals surface area (Å²) in [5.41, 5.74) is 5.10. The smallest absolute Gasteiger partial charge is 0.0274 e. The van der Waals surface area contributed by atoms with Crippen molar-refractivity contribution in [3.63, 3.8) is 0 Å². The van der Waals surface area contributed by atoms with Crippen molar-refractivity contribution in [2.75, 3.05) is 0 Å². The molecule has 0 heterocycles. The van der Waals surface area contributed by atoms with E-state index in [2.05, 4.69) is 39.0 Å². The molecule has 0 fully saturated rings.